The summed E-state index contributed by atoms with van der Waals surface area (Å²) in [5.74, 6) is 6.33. The fraction of sp³-hybridized carbons (Fsp3) is 0.200. The summed E-state index contributed by atoms with van der Waals surface area (Å²) >= 11 is 5.13. The number of nitrogens with two attached hydrogens (primary N) is 1. The molecular weight excluding hydrogens is 288 g/mol. The van der Waals surface area contributed by atoms with E-state index in [9.17, 15) is 0 Å². The minimum atomic E-state index is -0.101. The molecule has 0 saturated heterocycles. The topological polar surface area (TPSA) is 63.8 Å². The standard InChI is InChI=1S/C10H11BrN4S/c1-6-13-4-2-8(14-6)9(15-12)10-7(11)3-5-16-10/h2-5,9,15H,12H2,1H3. The van der Waals surface area contributed by atoms with Crippen molar-refractivity contribution in [2.75, 3.05) is 0 Å². The molecule has 16 heavy (non-hydrogen) atoms. The van der Waals surface area contributed by atoms with Gasteiger partial charge in [0.25, 0.3) is 0 Å². The first-order valence-corrected chi connectivity index (χ1v) is 6.38. The smallest absolute Gasteiger partial charge is 0.125 e. The monoisotopic (exact) mass is 298 g/mol. The minimum absolute atomic E-state index is 0.101. The van der Waals surface area contributed by atoms with E-state index in [1.807, 2.05) is 24.4 Å². The molecule has 84 valence electrons. The van der Waals surface area contributed by atoms with Crippen molar-refractivity contribution in [3.63, 3.8) is 0 Å². The van der Waals surface area contributed by atoms with E-state index < -0.39 is 0 Å². The van der Waals surface area contributed by atoms with Crippen LogP contribution in [0, 0.1) is 6.92 Å². The Labute approximate surface area is 106 Å². The van der Waals surface area contributed by atoms with E-state index in [0.717, 1.165) is 20.9 Å². The van der Waals surface area contributed by atoms with E-state index in [1.54, 1.807) is 17.5 Å². The van der Waals surface area contributed by atoms with Gasteiger partial charge in [-0.15, -0.1) is 11.3 Å². The van der Waals surface area contributed by atoms with Gasteiger partial charge >= 0.3 is 0 Å². The van der Waals surface area contributed by atoms with Gasteiger partial charge in [0.15, 0.2) is 0 Å². The highest BCUT2D eigenvalue weighted by Gasteiger charge is 2.18. The molecule has 1 unspecified atom stereocenters. The van der Waals surface area contributed by atoms with Crippen LogP contribution in [0.1, 0.15) is 22.4 Å². The average Bonchev–Trinajstić information content (AvgIpc) is 2.67. The Morgan fingerprint density at radius 2 is 2.31 bits per heavy atom. The van der Waals surface area contributed by atoms with Crippen LogP contribution >= 0.6 is 27.3 Å². The number of aryl methyl sites for hydroxylation is 1. The third-order valence-corrected chi connectivity index (χ3v) is 4.10. The maximum atomic E-state index is 5.59. The summed E-state index contributed by atoms with van der Waals surface area (Å²) in [6, 6.07) is 3.76. The Morgan fingerprint density at radius 1 is 1.50 bits per heavy atom. The van der Waals surface area contributed by atoms with Crippen molar-refractivity contribution in [3.05, 3.63) is 44.6 Å². The molecule has 0 fully saturated rings. The van der Waals surface area contributed by atoms with Crippen LogP contribution in [0.15, 0.2) is 28.2 Å². The van der Waals surface area contributed by atoms with Crippen LogP contribution in [0.25, 0.3) is 0 Å². The van der Waals surface area contributed by atoms with Gasteiger partial charge in [0.05, 0.1) is 11.7 Å². The van der Waals surface area contributed by atoms with Gasteiger partial charge in [-0.05, 0) is 40.4 Å². The largest absolute Gasteiger partial charge is 0.270 e. The number of nitrogens with zero attached hydrogens (tertiary/aromatic N) is 2. The zero-order valence-corrected chi connectivity index (χ0v) is 11.0. The van der Waals surface area contributed by atoms with Crippen LogP contribution in [0.5, 0.6) is 0 Å². The summed E-state index contributed by atoms with van der Waals surface area (Å²) in [5, 5.41) is 2.01. The average molecular weight is 299 g/mol. The Bertz CT molecular complexity index is 485. The molecule has 6 heteroatoms. The van der Waals surface area contributed by atoms with E-state index in [2.05, 4.69) is 31.3 Å². The second-order valence-corrected chi connectivity index (χ2v) is 5.06. The predicted octanol–water partition coefficient (Wildman–Crippen LogP) is 2.16. The summed E-state index contributed by atoms with van der Waals surface area (Å²) in [6.07, 6.45) is 1.74. The molecule has 2 aromatic rings. The second kappa shape index (κ2) is 5.01. The fourth-order valence-electron chi connectivity index (χ4n) is 1.44. The van der Waals surface area contributed by atoms with Crippen molar-refractivity contribution in [1.82, 2.24) is 15.4 Å². The van der Waals surface area contributed by atoms with Crippen LogP contribution in [0.2, 0.25) is 0 Å². The maximum Gasteiger partial charge on any atom is 0.125 e. The van der Waals surface area contributed by atoms with Gasteiger partial charge in [-0.3, -0.25) is 5.84 Å². The molecule has 0 spiro atoms. The summed E-state index contributed by atoms with van der Waals surface area (Å²) in [5.41, 5.74) is 3.65. The molecule has 0 aliphatic carbocycles. The number of rotatable bonds is 3. The van der Waals surface area contributed by atoms with E-state index in [-0.39, 0.29) is 6.04 Å². The zero-order valence-electron chi connectivity index (χ0n) is 8.64. The number of nitrogens with one attached hydrogen (secondary N) is 1. The molecule has 0 aliphatic rings. The molecule has 0 amide bonds. The number of halogens is 1. The van der Waals surface area contributed by atoms with Crippen molar-refractivity contribution in [3.8, 4) is 0 Å². The van der Waals surface area contributed by atoms with Gasteiger partial charge in [0.2, 0.25) is 0 Å². The lowest BCUT2D eigenvalue weighted by Crippen LogP contribution is -2.29. The molecule has 1 atom stereocenters. The molecule has 0 saturated carbocycles. The van der Waals surface area contributed by atoms with E-state index in [1.165, 1.54) is 0 Å². The van der Waals surface area contributed by atoms with Crippen LogP contribution in [0.3, 0.4) is 0 Å². The van der Waals surface area contributed by atoms with Gasteiger partial charge in [-0.2, -0.15) is 0 Å². The van der Waals surface area contributed by atoms with E-state index in [0.29, 0.717) is 0 Å². The predicted molar refractivity (Wildman–Crippen MR) is 68.0 cm³/mol. The molecule has 2 aromatic heterocycles. The van der Waals surface area contributed by atoms with E-state index >= 15 is 0 Å². The lowest BCUT2D eigenvalue weighted by molar-refractivity contribution is 0.623. The normalized spacial score (nSPS) is 12.7. The number of hydrogen-bond acceptors (Lipinski definition) is 5. The molecular formula is C10H11BrN4S. The van der Waals surface area contributed by atoms with Crippen LogP contribution in [-0.2, 0) is 0 Å². The summed E-state index contributed by atoms with van der Waals surface area (Å²) in [7, 11) is 0. The highest BCUT2D eigenvalue weighted by Crippen LogP contribution is 2.31. The molecule has 2 rings (SSSR count). The van der Waals surface area contributed by atoms with Crippen molar-refractivity contribution in [2.45, 2.75) is 13.0 Å². The van der Waals surface area contributed by atoms with Crippen molar-refractivity contribution in [1.29, 1.82) is 0 Å². The molecule has 2 heterocycles. The first kappa shape index (κ1) is 11.7. The van der Waals surface area contributed by atoms with Crippen molar-refractivity contribution >= 4 is 27.3 Å². The lowest BCUT2D eigenvalue weighted by Gasteiger charge is -2.14. The first-order valence-electron chi connectivity index (χ1n) is 4.71. The highest BCUT2D eigenvalue weighted by molar-refractivity contribution is 9.10. The molecule has 3 N–H and O–H groups in total. The Balaban J connectivity index is 2.40. The van der Waals surface area contributed by atoms with Crippen LogP contribution < -0.4 is 11.3 Å². The Morgan fingerprint density at radius 3 is 2.88 bits per heavy atom. The third-order valence-electron chi connectivity index (χ3n) is 2.17. The quantitative estimate of drug-likeness (QED) is 0.673. The SMILES string of the molecule is Cc1nccc(C(NN)c2sccc2Br)n1. The van der Waals surface area contributed by atoms with Gasteiger partial charge in [-0.25, -0.2) is 15.4 Å². The number of hydrogen-bond donors (Lipinski definition) is 2. The molecule has 0 radical (unpaired) electrons. The highest BCUT2D eigenvalue weighted by atomic mass is 79.9. The first-order chi connectivity index (χ1) is 7.72. The van der Waals surface area contributed by atoms with Crippen LogP contribution in [-0.4, -0.2) is 9.97 Å². The van der Waals surface area contributed by atoms with Gasteiger partial charge in [0.1, 0.15) is 5.82 Å². The van der Waals surface area contributed by atoms with Crippen LogP contribution in [0.4, 0.5) is 0 Å². The van der Waals surface area contributed by atoms with Gasteiger partial charge in [0, 0.05) is 15.5 Å². The fourth-order valence-corrected chi connectivity index (χ4v) is 3.11. The maximum absolute atomic E-state index is 5.59. The molecule has 4 nitrogen and oxygen atoms in total. The Hall–Kier alpha value is -0.820. The third kappa shape index (κ3) is 2.30. The summed E-state index contributed by atoms with van der Waals surface area (Å²) in [4.78, 5) is 9.56. The van der Waals surface area contributed by atoms with E-state index in [4.69, 9.17) is 5.84 Å². The van der Waals surface area contributed by atoms with Gasteiger partial charge < -0.3 is 0 Å². The molecule has 0 aromatic carbocycles. The Kier molecular flexibility index (Phi) is 3.65. The van der Waals surface area contributed by atoms with Gasteiger partial charge in [-0.1, -0.05) is 0 Å². The van der Waals surface area contributed by atoms with Crippen molar-refractivity contribution < 1.29 is 0 Å². The molecule has 0 aliphatic heterocycles. The number of hydrazine groups is 1. The number of thiophene rings is 1. The molecule has 0 bridgehead atoms. The summed E-state index contributed by atoms with van der Waals surface area (Å²) < 4.78 is 1.04. The lowest BCUT2D eigenvalue weighted by atomic mass is 10.2. The zero-order chi connectivity index (χ0) is 11.5. The second-order valence-electron chi connectivity index (χ2n) is 3.26. The number of aromatic nitrogens is 2. The minimum Gasteiger partial charge on any atom is -0.270 e. The summed E-state index contributed by atoms with van der Waals surface area (Å²) in [6.45, 7) is 1.86. The van der Waals surface area contributed by atoms with Crippen molar-refractivity contribution in [2.24, 2.45) is 5.84 Å².